The van der Waals surface area contributed by atoms with Crippen LogP contribution in [-0.2, 0) is 0 Å². The largest absolute Gasteiger partial charge is 0.393 e. The second kappa shape index (κ2) is 5.05. The molecular formula is C14H28NO+. The quantitative estimate of drug-likeness (QED) is 0.564. The van der Waals surface area contributed by atoms with Gasteiger partial charge in [0.1, 0.15) is 0 Å². The van der Waals surface area contributed by atoms with E-state index in [1.54, 1.807) is 0 Å². The SMILES string of the molecule is CCCCCC[N+]1(C)C2CCC1CC(O)C2. The van der Waals surface area contributed by atoms with Crippen molar-refractivity contribution >= 4 is 0 Å². The summed E-state index contributed by atoms with van der Waals surface area (Å²) < 4.78 is 1.28. The van der Waals surface area contributed by atoms with Gasteiger partial charge in [-0.15, -0.1) is 0 Å². The second-order valence-electron chi connectivity index (χ2n) is 6.14. The van der Waals surface area contributed by atoms with E-state index in [2.05, 4.69) is 14.0 Å². The number of rotatable bonds is 5. The molecule has 0 saturated carbocycles. The van der Waals surface area contributed by atoms with E-state index in [1.165, 1.54) is 49.6 Å². The number of nitrogens with zero attached hydrogens (tertiary/aromatic N) is 1. The molecule has 2 aliphatic rings. The van der Waals surface area contributed by atoms with Crippen LogP contribution >= 0.6 is 0 Å². The maximum atomic E-state index is 9.82. The van der Waals surface area contributed by atoms with E-state index in [0.717, 1.165) is 24.9 Å². The van der Waals surface area contributed by atoms with Crippen LogP contribution in [-0.4, -0.2) is 41.4 Å². The molecule has 0 spiro atoms. The van der Waals surface area contributed by atoms with Crippen LogP contribution in [0.2, 0.25) is 0 Å². The van der Waals surface area contributed by atoms with E-state index >= 15 is 0 Å². The minimum atomic E-state index is -0.000609. The van der Waals surface area contributed by atoms with Crippen LogP contribution in [0.1, 0.15) is 58.3 Å². The Hall–Kier alpha value is -0.0800. The topological polar surface area (TPSA) is 20.2 Å². The van der Waals surface area contributed by atoms with E-state index in [-0.39, 0.29) is 6.10 Å². The van der Waals surface area contributed by atoms with Crippen molar-refractivity contribution in [2.45, 2.75) is 76.5 Å². The average molecular weight is 226 g/mol. The van der Waals surface area contributed by atoms with E-state index in [4.69, 9.17) is 0 Å². The second-order valence-corrected chi connectivity index (χ2v) is 6.14. The first-order valence-corrected chi connectivity index (χ1v) is 7.19. The molecule has 0 amide bonds. The summed E-state index contributed by atoms with van der Waals surface area (Å²) in [5.74, 6) is 0. The molecule has 1 N–H and O–H groups in total. The molecule has 0 aromatic heterocycles. The van der Waals surface area contributed by atoms with Crippen LogP contribution in [0, 0.1) is 0 Å². The van der Waals surface area contributed by atoms with E-state index in [9.17, 15) is 5.11 Å². The molecule has 94 valence electrons. The molecule has 0 aromatic rings. The van der Waals surface area contributed by atoms with Gasteiger partial charge < -0.3 is 9.59 Å². The monoisotopic (exact) mass is 226 g/mol. The molecule has 2 heterocycles. The number of quaternary nitrogens is 1. The summed E-state index contributed by atoms with van der Waals surface area (Å²) in [5, 5.41) is 9.82. The summed E-state index contributed by atoms with van der Waals surface area (Å²) >= 11 is 0. The third kappa shape index (κ3) is 2.28. The molecular weight excluding hydrogens is 198 g/mol. The van der Waals surface area contributed by atoms with Gasteiger partial charge in [-0.3, -0.25) is 0 Å². The molecule has 2 fully saturated rings. The predicted molar refractivity (Wildman–Crippen MR) is 67.2 cm³/mol. The highest BCUT2D eigenvalue weighted by Gasteiger charge is 2.50. The Balaban J connectivity index is 1.87. The van der Waals surface area contributed by atoms with Crippen LogP contribution in [0.4, 0.5) is 0 Å². The van der Waals surface area contributed by atoms with Crippen LogP contribution in [0.3, 0.4) is 0 Å². The molecule has 0 aliphatic carbocycles. The molecule has 2 heteroatoms. The Morgan fingerprint density at radius 2 is 1.69 bits per heavy atom. The third-order valence-electron chi connectivity index (χ3n) is 5.08. The lowest BCUT2D eigenvalue weighted by atomic mass is 9.96. The molecule has 2 rings (SSSR count). The summed E-state index contributed by atoms with van der Waals surface area (Å²) in [6.45, 7) is 3.62. The van der Waals surface area contributed by atoms with Crippen molar-refractivity contribution in [1.29, 1.82) is 0 Å². The lowest BCUT2D eigenvalue weighted by Crippen LogP contribution is -2.58. The molecule has 2 bridgehead atoms. The maximum Gasteiger partial charge on any atom is 0.0917 e. The maximum absolute atomic E-state index is 9.82. The average Bonchev–Trinajstić information content (AvgIpc) is 2.46. The highest BCUT2D eigenvalue weighted by molar-refractivity contribution is 4.85. The van der Waals surface area contributed by atoms with E-state index in [0.29, 0.717) is 0 Å². The van der Waals surface area contributed by atoms with E-state index in [1.807, 2.05) is 0 Å². The zero-order valence-electron chi connectivity index (χ0n) is 11.0. The number of aliphatic hydroxyl groups is 1. The number of fused-ring (bicyclic) bond motifs is 2. The number of hydrogen-bond donors (Lipinski definition) is 1. The Labute approximate surface area is 100 Å². The van der Waals surface area contributed by atoms with Crippen molar-refractivity contribution in [1.82, 2.24) is 0 Å². The number of piperidine rings is 1. The minimum Gasteiger partial charge on any atom is -0.393 e. The smallest absolute Gasteiger partial charge is 0.0917 e. The van der Waals surface area contributed by atoms with Crippen molar-refractivity contribution in [2.75, 3.05) is 13.6 Å². The molecule has 2 nitrogen and oxygen atoms in total. The first kappa shape index (κ1) is 12.4. The first-order valence-electron chi connectivity index (χ1n) is 7.19. The molecule has 2 atom stereocenters. The fourth-order valence-corrected chi connectivity index (χ4v) is 3.96. The van der Waals surface area contributed by atoms with Crippen molar-refractivity contribution in [2.24, 2.45) is 0 Å². The van der Waals surface area contributed by atoms with Gasteiger partial charge in [-0.25, -0.2) is 0 Å². The van der Waals surface area contributed by atoms with Crippen molar-refractivity contribution < 1.29 is 9.59 Å². The zero-order chi connectivity index (χ0) is 11.6. The normalized spacial score (nSPS) is 42.6. The van der Waals surface area contributed by atoms with Crippen molar-refractivity contribution in [3.8, 4) is 0 Å². The lowest BCUT2D eigenvalue weighted by Gasteiger charge is -2.46. The minimum absolute atomic E-state index is 0.000609. The highest BCUT2D eigenvalue weighted by Crippen LogP contribution is 2.41. The molecule has 16 heavy (non-hydrogen) atoms. The van der Waals surface area contributed by atoms with Crippen LogP contribution < -0.4 is 0 Å². The van der Waals surface area contributed by atoms with Gasteiger partial charge in [-0.05, 0) is 12.8 Å². The van der Waals surface area contributed by atoms with Gasteiger partial charge in [0.2, 0.25) is 0 Å². The van der Waals surface area contributed by atoms with Crippen LogP contribution in [0.5, 0.6) is 0 Å². The molecule has 2 aliphatic heterocycles. The Morgan fingerprint density at radius 1 is 1.06 bits per heavy atom. The van der Waals surface area contributed by atoms with Crippen molar-refractivity contribution in [3.05, 3.63) is 0 Å². The summed E-state index contributed by atoms with van der Waals surface area (Å²) in [7, 11) is 2.44. The van der Waals surface area contributed by atoms with Gasteiger partial charge in [-0.1, -0.05) is 19.8 Å². The number of hydrogen-bond acceptors (Lipinski definition) is 1. The Morgan fingerprint density at radius 3 is 2.25 bits per heavy atom. The summed E-state index contributed by atoms with van der Waals surface area (Å²) in [6, 6.07) is 1.52. The van der Waals surface area contributed by atoms with Crippen LogP contribution in [0.25, 0.3) is 0 Å². The molecule has 2 saturated heterocycles. The predicted octanol–water partition coefficient (Wildman–Crippen LogP) is 2.70. The van der Waals surface area contributed by atoms with Gasteiger partial charge in [0.15, 0.2) is 0 Å². The Bertz CT molecular complexity index is 215. The van der Waals surface area contributed by atoms with Gasteiger partial charge in [0.05, 0.1) is 31.8 Å². The fraction of sp³-hybridized carbons (Fsp3) is 1.00. The van der Waals surface area contributed by atoms with Gasteiger partial charge in [-0.2, -0.15) is 0 Å². The first-order chi connectivity index (χ1) is 7.66. The molecule has 0 radical (unpaired) electrons. The Kier molecular flexibility index (Phi) is 3.91. The fourth-order valence-electron chi connectivity index (χ4n) is 3.96. The van der Waals surface area contributed by atoms with Gasteiger partial charge in [0, 0.05) is 25.7 Å². The zero-order valence-corrected chi connectivity index (χ0v) is 11.0. The third-order valence-corrected chi connectivity index (χ3v) is 5.08. The summed E-state index contributed by atoms with van der Waals surface area (Å²) in [5.41, 5.74) is 0. The van der Waals surface area contributed by atoms with E-state index < -0.39 is 0 Å². The van der Waals surface area contributed by atoms with Gasteiger partial charge in [0.25, 0.3) is 0 Å². The standard InChI is InChI=1S/C14H28NO/c1-3-4-5-6-9-15(2)12-7-8-13(15)11-14(16)10-12/h12-14,16H,3-11H2,1-2H3/q+1. The van der Waals surface area contributed by atoms with Gasteiger partial charge >= 0.3 is 0 Å². The highest BCUT2D eigenvalue weighted by atomic mass is 16.3. The van der Waals surface area contributed by atoms with Crippen LogP contribution in [0.15, 0.2) is 0 Å². The number of unbranched alkanes of at least 4 members (excludes halogenated alkanes) is 3. The summed E-state index contributed by atoms with van der Waals surface area (Å²) in [6.07, 6.45) is 10.3. The van der Waals surface area contributed by atoms with Crippen molar-refractivity contribution in [3.63, 3.8) is 0 Å². The summed E-state index contributed by atoms with van der Waals surface area (Å²) in [4.78, 5) is 0. The number of aliphatic hydroxyl groups excluding tert-OH is 1. The molecule has 0 aromatic carbocycles. The lowest BCUT2D eigenvalue weighted by molar-refractivity contribution is -0.949. The molecule has 2 unspecified atom stereocenters.